The number of likely N-dealkylation sites (N-methyl/N-ethyl adjacent to an activating group) is 1. The number of aliphatic carboxylic acids is 1. The Balaban J connectivity index is 4.53. The summed E-state index contributed by atoms with van der Waals surface area (Å²) < 4.78 is 17.1. The molecule has 0 aromatic heterocycles. The molecule has 0 saturated heterocycles. The van der Waals surface area contributed by atoms with E-state index >= 15 is 0 Å². The fourth-order valence-electron chi connectivity index (χ4n) is 5.55. The van der Waals surface area contributed by atoms with Gasteiger partial charge in [-0.3, -0.25) is 9.59 Å². The van der Waals surface area contributed by atoms with Gasteiger partial charge in [-0.1, -0.05) is 145 Å². The Labute approximate surface area is 318 Å². The van der Waals surface area contributed by atoms with E-state index in [9.17, 15) is 19.5 Å². The van der Waals surface area contributed by atoms with E-state index in [2.05, 4.69) is 62.5 Å². The van der Waals surface area contributed by atoms with Gasteiger partial charge in [0.1, 0.15) is 6.61 Å². The Bertz CT molecular complexity index is 1040. The van der Waals surface area contributed by atoms with Crippen LogP contribution >= 0.6 is 0 Å². The van der Waals surface area contributed by atoms with Gasteiger partial charge < -0.3 is 23.8 Å². The number of carboxylic acids is 1. The van der Waals surface area contributed by atoms with Crippen LogP contribution in [0.3, 0.4) is 0 Å². The Hall–Kier alpha value is -2.97. The minimum absolute atomic E-state index is 0.0305. The van der Waals surface area contributed by atoms with Crippen molar-refractivity contribution >= 4 is 17.9 Å². The molecule has 0 aliphatic heterocycles. The van der Waals surface area contributed by atoms with Gasteiger partial charge in [0.2, 0.25) is 0 Å². The summed E-state index contributed by atoms with van der Waals surface area (Å²) >= 11 is 0. The fraction of sp³-hybridized carbons (Fsp3) is 0.705. The van der Waals surface area contributed by atoms with E-state index < -0.39 is 18.1 Å². The summed E-state index contributed by atoms with van der Waals surface area (Å²) in [5.41, 5.74) is 0. The van der Waals surface area contributed by atoms with Crippen molar-refractivity contribution in [1.29, 1.82) is 0 Å². The van der Waals surface area contributed by atoms with Crippen molar-refractivity contribution < 1.29 is 38.2 Å². The number of carbonyl (C=O) groups excluding carboxylic acids is 2. The molecule has 0 aliphatic carbocycles. The smallest absolute Gasteiger partial charge is 0.362 e. The summed E-state index contributed by atoms with van der Waals surface area (Å²) in [6.45, 7) is 4.52. The molecule has 1 N–H and O–H groups in total. The third-order valence-electron chi connectivity index (χ3n) is 8.70. The molecule has 0 heterocycles. The summed E-state index contributed by atoms with van der Waals surface area (Å²) in [4.78, 5) is 36.8. The number of hydrogen-bond donors (Lipinski definition) is 1. The van der Waals surface area contributed by atoms with Gasteiger partial charge in [-0.25, -0.2) is 4.79 Å². The lowest BCUT2D eigenvalue weighted by Crippen LogP contribution is -2.50. The van der Waals surface area contributed by atoms with Crippen molar-refractivity contribution in [3.8, 4) is 0 Å². The molecule has 8 nitrogen and oxygen atoms in total. The van der Waals surface area contributed by atoms with E-state index in [1.54, 1.807) is 0 Å². The molecule has 0 saturated carbocycles. The molecule has 2 unspecified atom stereocenters. The first-order valence-corrected chi connectivity index (χ1v) is 20.3. The predicted octanol–water partition coefficient (Wildman–Crippen LogP) is 10.6. The first-order chi connectivity index (χ1) is 25.1. The molecule has 0 rings (SSSR count). The number of unbranched alkanes of at least 4 members (excludes halogenated alkanes) is 11. The number of ether oxygens (including phenoxy) is 3. The molecule has 0 aromatic rings. The SMILES string of the molecule is CC/C=C/C/C=C/C/C=C/C/C=C/C/C=C/CCC(=O)OC(COCCC(C(=O)O)[N+](C)(C)C)COC(=O)CCCCCCCCCCCCCC. The molecule has 0 aromatic carbocycles. The summed E-state index contributed by atoms with van der Waals surface area (Å²) in [5, 5.41) is 9.59. The fourth-order valence-corrected chi connectivity index (χ4v) is 5.55. The topological polar surface area (TPSA) is 99.1 Å². The van der Waals surface area contributed by atoms with Gasteiger partial charge in [0.25, 0.3) is 0 Å². The highest BCUT2D eigenvalue weighted by Gasteiger charge is 2.31. The third kappa shape index (κ3) is 32.9. The third-order valence-corrected chi connectivity index (χ3v) is 8.70. The molecule has 0 aliphatic rings. The van der Waals surface area contributed by atoms with Crippen LogP contribution in [-0.4, -0.2) is 80.6 Å². The molecule has 298 valence electrons. The zero-order valence-electron chi connectivity index (χ0n) is 33.7. The van der Waals surface area contributed by atoms with E-state index in [-0.39, 0.29) is 42.7 Å². The number of hydrogen-bond acceptors (Lipinski definition) is 6. The number of allylic oxidation sites excluding steroid dienone is 10. The van der Waals surface area contributed by atoms with Crippen LogP contribution in [0.2, 0.25) is 0 Å². The molecule has 0 amide bonds. The number of nitrogens with zero attached hydrogens (tertiary/aromatic N) is 1. The molecular weight excluding hydrogens is 654 g/mol. The van der Waals surface area contributed by atoms with Crippen LogP contribution in [0.25, 0.3) is 0 Å². The summed E-state index contributed by atoms with van der Waals surface area (Å²) in [6, 6.07) is -0.627. The molecular formula is C44H76NO7+. The van der Waals surface area contributed by atoms with E-state index in [4.69, 9.17) is 14.2 Å². The van der Waals surface area contributed by atoms with Crippen LogP contribution < -0.4 is 0 Å². The summed E-state index contributed by atoms with van der Waals surface area (Å²) in [7, 11) is 5.49. The van der Waals surface area contributed by atoms with Crippen LogP contribution in [0, 0.1) is 0 Å². The van der Waals surface area contributed by atoms with Gasteiger partial charge in [0.15, 0.2) is 12.1 Å². The standard InChI is InChI=1S/C44H75NO7/c1-6-8-10-12-14-16-18-20-21-22-23-25-27-29-31-33-35-43(47)52-40(38-50-37-36-41(44(48)49)45(3,4)5)39-51-42(46)34-32-30-28-26-24-19-17-15-13-11-9-7-2/h8,10,14,16,20-21,23,25,29,31,40-41H,6-7,9,11-13,15,17-19,22,24,26-28,30,32-39H2,1-5H3/p+1/b10-8+,16-14+,21-20+,25-23+,31-29+. The van der Waals surface area contributed by atoms with Gasteiger partial charge >= 0.3 is 17.9 Å². The second-order valence-electron chi connectivity index (χ2n) is 14.5. The molecule has 8 heteroatoms. The van der Waals surface area contributed by atoms with Crippen LogP contribution in [-0.2, 0) is 28.6 Å². The molecule has 0 radical (unpaired) electrons. The average molecular weight is 731 g/mol. The van der Waals surface area contributed by atoms with E-state index in [0.717, 1.165) is 51.4 Å². The first-order valence-electron chi connectivity index (χ1n) is 20.3. The molecule has 2 atom stereocenters. The first kappa shape index (κ1) is 49.0. The maximum Gasteiger partial charge on any atom is 0.362 e. The highest BCUT2D eigenvalue weighted by molar-refractivity contribution is 5.72. The van der Waals surface area contributed by atoms with Gasteiger partial charge in [0.05, 0.1) is 34.4 Å². The lowest BCUT2D eigenvalue weighted by Gasteiger charge is -2.31. The van der Waals surface area contributed by atoms with Crippen LogP contribution in [0.15, 0.2) is 60.8 Å². The van der Waals surface area contributed by atoms with Gasteiger partial charge in [-0.15, -0.1) is 0 Å². The maximum absolute atomic E-state index is 12.6. The maximum atomic E-state index is 12.6. The minimum Gasteiger partial charge on any atom is -0.477 e. The lowest BCUT2D eigenvalue weighted by molar-refractivity contribution is -0.887. The van der Waals surface area contributed by atoms with Crippen LogP contribution in [0.4, 0.5) is 0 Å². The van der Waals surface area contributed by atoms with Crippen molar-refractivity contribution in [3.63, 3.8) is 0 Å². The highest BCUT2D eigenvalue weighted by Crippen LogP contribution is 2.13. The quantitative estimate of drug-likeness (QED) is 0.0300. The monoisotopic (exact) mass is 731 g/mol. The van der Waals surface area contributed by atoms with E-state index in [0.29, 0.717) is 19.3 Å². The van der Waals surface area contributed by atoms with Gasteiger partial charge in [0, 0.05) is 19.3 Å². The molecule has 0 spiro atoms. The number of rotatable bonds is 35. The second-order valence-corrected chi connectivity index (χ2v) is 14.5. The predicted molar refractivity (Wildman–Crippen MR) is 215 cm³/mol. The zero-order valence-corrected chi connectivity index (χ0v) is 33.7. The normalized spacial score (nSPS) is 13.6. The minimum atomic E-state index is -0.888. The van der Waals surface area contributed by atoms with Crippen molar-refractivity contribution in [1.82, 2.24) is 0 Å². The summed E-state index contributed by atoms with van der Waals surface area (Å²) in [6.07, 6.45) is 41.3. The Morgan fingerprint density at radius 2 is 1.08 bits per heavy atom. The molecule has 0 bridgehead atoms. The Morgan fingerprint density at radius 3 is 1.56 bits per heavy atom. The Morgan fingerprint density at radius 1 is 0.596 bits per heavy atom. The number of esters is 2. The second kappa shape index (κ2) is 35.1. The van der Waals surface area contributed by atoms with Gasteiger partial charge in [-0.2, -0.15) is 0 Å². The molecule has 0 fully saturated rings. The summed E-state index contributed by atoms with van der Waals surface area (Å²) in [5.74, 6) is -1.58. The largest absolute Gasteiger partial charge is 0.477 e. The van der Waals surface area contributed by atoms with Crippen molar-refractivity contribution in [2.75, 3.05) is 41.0 Å². The number of carbonyl (C=O) groups is 3. The zero-order chi connectivity index (χ0) is 38.5. The highest BCUT2D eigenvalue weighted by atomic mass is 16.6. The van der Waals surface area contributed by atoms with Crippen LogP contribution in [0.1, 0.15) is 149 Å². The Kier molecular flexibility index (Phi) is 33.1. The number of carboxylic acid groups (broad SMARTS) is 1. The van der Waals surface area contributed by atoms with E-state index in [1.165, 1.54) is 57.8 Å². The van der Waals surface area contributed by atoms with Crippen LogP contribution in [0.5, 0.6) is 0 Å². The average Bonchev–Trinajstić information content (AvgIpc) is 3.09. The number of quaternary nitrogens is 1. The van der Waals surface area contributed by atoms with Crippen molar-refractivity contribution in [2.45, 2.75) is 161 Å². The lowest BCUT2D eigenvalue weighted by atomic mass is 10.0. The molecule has 52 heavy (non-hydrogen) atoms. The van der Waals surface area contributed by atoms with Gasteiger partial charge in [-0.05, 0) is 44.9 Å². The van der Waals surface area contributed by atoms with E-state index in [1.807, 2.05) is 33.3 Å². The van der Waals surface area contributed by atoms with Crippen molar-refractivity contribution in [3.05, 3.63) is 60.8 Å². The van der Waals surface area contributed by atoms with Crippen molar-refractivity contribution in [2.24, 2.45) is 0 Å².